The van der Waals surface area contributed by atoms with Crippen LogP contribution in [0.3, 0.4) is 0 Å². The Morgan fingerprint density at radius 3 is 2.56 bits per heavy atom. The number of nitrogens with one attached hydrogen (secondary N) is 1. The van der Waals surface area contributed by atoms with Crippen molar-refractivity contribution in [2.24, 2.45) is 0 Å². The molecule has 0 saturated carbocycles. The van der Waals surface area contributed by atoms with Crippen molar-refractivity contribution < 1.29 is 9.47 Å². The molecule has 5 heteroatoms. The fourth-order valence-electron chi connectivity index (χ4n) is 2.87. The molecule has 25 heavy (non-hydrogen) atoms. The van der Waals surface area contributed by atoms with E-state index in [1.165, 1.54) is 0 Å². The minimum absolute atomic E-state index is 0.00248. The zero-order valence-corrected chi connectivity index (χ0v) is 14.5. The summed E-state index contributed by atoms with van der Waals surface area (Å²) >= 11 is 0. The molecule has 2 aromatic carbocycles. The van der Waals surface area contributed by atoms with Gasteiger partial charge in [0.1, 0.15) is 0 Å². The normalized spacial score (nSPS) is 10.8. The van der Waals surface area contributed by atoms with Crippen LogP contribution in [-0.2, 0) is 13.1 Å². The number of benzene rings is 2. The zero-order chi connectivity index (χ0) is 17.6. The van der Waals surface area contributed by atoms with E-state index in [0.29, 0.717) is 6.67 Å². The average molecular weight is 338 g/mol. The molecular weight excluding hydrogens is 316 g/mol. The third-order valence-electron chi connectivity index (χ3n) is 4.21. The van der Waals surface area contributed by atoms with E-state index in [4.69, 9.17) is 9.47 Å². The number of methoxy groups -OCH3 is 2. The number of hydrogen-bond acceptors (Lipinski definition) is 4. The van der Waals surface area contributed by atoms with Crippen LogP contribution in [0.4, 0.5) is 0 Å². The molecular formula is C20H22N2O3. The lowest BCUT2D eigenvalue weighted by atomic mass is 10.1. The second-order valence-corrected chi connectivity index (χ2v) is 5.76. The highest BCUT2D eigenvalue weighted by Crippen LogP contribution is 2.27. The first-order valence-electron chi connectivity index (χ1n) is 8.23. The summed E-state index contributed by atoms with van der Waals surface area (Å²) in [6, 6.07) is 17.3. The van der Waals surface area contributed by atoms with E-state index in [2.05, 4.69) is 5.32 Å². The third-order valence-corrected chi connectivity index (χ3v) is 4.21. The van der Waals surface area contributed by atoms with Crippen molar-refractivity contribution in [3.05, 3.63) is 70.5 Å². The van der Waals surface area contributed by atoms with Crippen LogP contribution in [-0.4, -0.2) is 25.3 Å². The first-order valence-corrected chi connectivity index (χ1v) is 8.23. The lowest BCUT2D eigenvalue weighted by Gasteiger charge is -2.12. The van der Waals surface area contributed by atoms with Crippen molar-refractivity contribution >= 4 is 10.9 Å². The second kappa shape index (κ2) is 7.85. The van der Waals surface area contributed by atoms with Crippen LogP contribution in [0.15, 0.2) is 59.4 Å². The highest BCUT2D eigenvalue weighted by Gasteiger charge is 2.05. The van der Waals surface area contributed by atoms with Crippen molar-refractivity contribution in [3.63, 3.8) is 0 Å². The SMILES string of the molecule is COc1ccc(CCNCn2c(=O)ccc3ccccc32)cc1OC. The summed E-state index contributed by atoms with van der Waals surface area (Å²) < 4.78 is 12.3. The summed E-state index contributed by atoms with van der Waals surface area (Å²) in [4.78, 5) is 12.1. The second-order valence-electron chi connectivity index (χ2n) is 5.76. The predicted molar refractivity (Wildman–Crippen MR) is 99.5 cm³/mol. The summed E-state index contributed by atoms with van der Waals surface area (Å²) in [5.74, 6) is 1.45. The smallest absolute Gasteiger partial charge is 0.252 e. The first kappa shape index (κ1) is 17.0. The number of aromatic nitrogens is 1. The van der Waals surface area contributed by atoms with Crippen molar-refractivity contribution in [2.75, 3.05) is 20.8 Å². The van der Waals surface area contributed by atoms with Crippen LogP contribution in [0.1, 0.15) is 5.56 Å². The Morgan fingerprint density at radius 2 is 1.76 bits per heavy atom. The fourth-order valence-corrected chi connectivity index (χ4v) is 2.87. The largest absolute Gasteiger partial charge is 0.493 e. The van der Waals surface area contributed by atoms with Crippen molar-refractivity contribution in [1.29, 1.82) is 0 Å². The maximum Gasteiger partial charge on any atom is 0.252 e. The van der Waals surface area contributed by atoms with Crippen LogP contribution in [0.5, 0.6) is 11.5 Å². The summed E-state index contributed by atoms with van der Waals surface area (Å²) in [7, 11) is 3.26. The monoisotopic (exact) mass is 338 g/mol. The minimum Gasteiger partial charge on any atom is -0.493 e. The molecule has 1 N–H and O–H groups in total. The van der Waals surface area contributed by atoms with Gasteiger partial charge in [-0.3, -0.25) is 14.7 Å². The van der Waals surface area contributed by atoms with Crippen LogP contribution in [0.25, 0.3) is 10.9 Å². The van der Waals surface area contributed by atoms with Gasteiger partial charge in [0.05, 0.1) is 26.4 Å². The topological polar surface area (TPSA) is 52.5 Å². The maximum atomic E-state index is 12.1. The van der Waals surface area contributed by atoms with Gasteiger partial charge in [0.15, 0.2) is 11.5 Å². The summed E-state index contributed by atoms with van der Waals surface area (Å²) in [5.41, 5.74) is 2.08. The van der Waals surface area contributed by atoms with E-state index >= 15 is 0 Å². The number of rotatable bonds is 7. The van der Waals surface area contributed by atoms with Gasteiger partial charge in [-0.2, -0.15) is 0 Å². The first-order chi connectivity index (χ1) is 12.2. The average Bonchev–Trinajstić information content (AvgIpc) is 2.66. The van der Waals surface area contributed by atoms with Crippen molar-refractivity contribution in [2.45, 2.75) is 13.1 Å². The van der Waals surface area contributed by atoms with Crippen LogP contribution < -0.4 is 20.3 Å². The van der Waals surface area contributed by atoms with E-state index < -0.39 is 0 Å². The number of hydrogen-bond donors (Lipinski definition) is 1. The molecule has 0 radical (unpaired) electrons. The van der Waals surface area contributed by atoms with Crippen LogP contribution >= 0.6 is 0 Å². The Morgan fingerprint density at radius 1 is 0.960 bits per heavy atom. The third kappa shape index (κ3) is 3.83. The van der Waals surface area contributed by atoms with Gasteiger partial charge in [-0.25, -0.2) is 0 Å². The van der Waals surface area contributed by atoms with Gasteiger partial charge in [0, 0.05) is 12.6 Å². The summed E-state index contributed by atoms with van der Waals surface area (Å²) in [6.07, 6.45) is 0.833. The number of para-hydroxylation sites is 1. The lowest BCUT2D eigenvalue weighted by molar-refractivity contribution is 0.354. The molecule has 0 bridgehead atoms. The number of ether oxygens (including phenoxy) is 2. The van der Waals surface area contributed by atoms with E-state index in [-0.39, 0.29) is 5.56 Å². The van der Waals surface area contributed by atoms with Gasteiger partial charge >= 0.3 is 0 Å². The molecule has 5 nitrogen and oxygen atoms in total. The molecule has 0 aliphatic carbocycles. The Labute approximate surface area is 146 Å². The lowest BCUT2D eigenvalue weighted by Crippen LogP contribution is -2.29. The van der Waals surface area contributed by atoms with Crippen molar-refractivity contribution in [3.8, 4) is 11.5 Å². The molecule has 0 saturated heterocycles. The molecule has 0 spiro atoms. The minimum atomic E-state index is -0.00248. The number of nitrogens with zero attached hydrogens (tertiary/aromatic N) is 1. The van der Waals surface area contributed by atoms with E-state index in [1.807, 2.05) is 48.5 Å². The van der Waals surface area contributed by atoms with Gasteiger partial charge in [-0.15, -0.1) is 0 Å². The molecule has 0 aliphatic heterocycles. The Balaban J connectivity index is 1.64. The molecule has 3 rings (SSSR count). The Hall–Kier alpha value is -2.79. The molecule has 0 amide bonds. The molecule has 1 aromatic heterocycles. The zero-order valence-electron chi connectivity index (χ0n) is 14.5. The van der Waals surface area contributed by atoms with Crippen molar-refractivity contribution in [1.82, 2.24) is 9.88 Å². The molecule has 0 aliphatic rings. The van der Waals surface area contributed by atoms with Gasteiger partial charge in [0.2, 0.25) is 0 Å². The van der Waals surface area contributed by atoms with Gasteiger partial charge < -0.3 is 9.47 Å². The number of pyridine rings is 1. The maximum absolute atomic E-state index is 12.1. The van der Waals surface area contributed by atoms with Gasteiger partial charge in [-0.05, 0) is 41.6 Å². The van der Waals surface area contributed by atoms with Crippen LogP contribution in [0.2, 0.25) is 0 Å². The Kier molecular flexibility index (Phi) is 5.36. The van der Waals surface area contributed by atoms with E-state index in [0.717, 1.165) is 40.9 Å². The molecule has 0 fully saturated rings. The molecule has 130 valence electrons. The predicted octanol–water partition coefficient (Wildman–Crippen LogP) is 2.81. The molecule has 3 aromatic rings. The summed E-state index contributed by atoms with van der Waals surface area (Å²) in [6.45, 7) is 1.23. The van der Waals surface area contributed by atoms with E-state index in [1.54, 1.807) is 24.9 Å². The highest BCUT2D eigenvalue weighted by atomic mass is 16.5. The quantitative estimate of drug-likeness (QED) is 0.673. The Bertz CT molecular complexity index is 918. The standard InChI is InChI=1S/C20H22N2O3/c1-24-18-9-7-15(13-19(18)25-2)11-12-21-14-22-17-6-4-3-5-16(17)8-10-20(22)23/h3-10,13,21H,11-12,14H2,1-2H3. The van der Waals surface area contributed by atoms with E-state index in [9.17, 15) is 4.79 Å². The fraction of sp³-hybridized carbons (Fsp3) is 0.250. The van der Waals surface area contributed by atoms with Gasteiger partial charge in [0.25, 0.3) is 5.56 Å². The number of fused-ring (bicyclic) bond motifs is 1. The highest BCUT2D eigenvalue weighted by molar-refractivity contribution is 5.78. The van der Waals surface area contributed by atoms with Gasteiger partial charge in [-0.1, -0.05) is 24.3 Å². The van der Waals surface area contributed by atoms with Crippen LogP contribution in [0, 0.1) is 0 Å². The molecule has 0 unspecified atom stereocenters. The summed E-state index contributed by atoms with van der Waals surface area (Å²) in [5, 5.41) is 4.40. The molecule has 0 atom stereocenters. The molecule has 1 heterocycles.